The van der Waals surface area contributed by atoms with Crippen molar-refractivity contribution in [3.05, 3.63) is 23.8 Å². The summed E-state index contributed by atoms with van der Waals surface area (Å²) in [4.78, 5) is 25.2. The highest BCUT2D eigenvalue weighted by molar-refractivity contribution is 5.79. The molecule has 0 bridgehead atoms. The van der Waals surface area contributed by atoms with Crippen molar-refractivity contribution in [2.75, 3.05) is 19.7 Å². The molecule has 0 atom stereocenters. The molecular formula is C18H24N2O4. The third-order valence-electron chi connectivity index (χ3n) is 4.66. The first-order valence-electron chi connectivity index (χ1n) is 8.36. The molecule has 0 saturated carbocycles. The van der Waals surface area contributed by atoms with Gasteiger partial charge in [-0.3, -0.25) is 9.59 Å². The Labute approximate surface area is 141 Å². The number of likely N-dealkylation sites (tertiary alicyclic amines) is 1. The summed E-state index contributed by atoms with van der Waals surface area (Å²) in [6.45, 7) is 5.13. The van der Waals surface area contributed by atoms with Crippen LogP contribution in [0.25, 0.3) is 0 Å². The number of amides is 2. The second kappa shape index (κ2) is 6.34. The second-order valence-corrected chi connectivity index (χ2v) is 7.13. The molecule has 0 spiro atoms. The van der Waals surface area contributed by atoms with E-state index < -0.39 is 0 Å². The van der Waals surface area contributed by atoms with Gasteiger partial charge in [0.25, 0.3) is 5.91 Å². The van der Waals surface area contributed by atoms with Gasteiger partial charge in [0.2, 0.25) is 5.91 Å². The summed E-state index contributed by atoms with van der Waals surface area (Å²) in [6.07, 6.45) is 2.08. The number of rotatable bonds is 4. The van der Waals surface area contributed by atoms with Crippen LogP contribution in [-0.4, -0.2) is 42.0 Å². The monoisotopic (exact) mass is 332 g/mol. The van der Waals surface area contributed by atoms with Crippen molar-refractivity contribution in [2.24, 2.45) is 11.7 Å². The van der Waals surface area contributed by atoms with Crippen molar-refractivity contribution in [3.8, 4) is 11.5 Å². The summed E-state index contributed by atoms with van der Waals surface area (Å²) in [5.41, 5.74) is 6.17. The number of carbonyl (C=O) groups excluding carboxylic acids is 2. The fraction of sp³-hybridized carbons (Fsp3) is 0.556. The van der Waals surface area contributed by atoms with Gasteiger partial charge in [-0.05, 0) is 32.8 Å². The summed E-state index contributed by atoms with van der Waals surface area (Å²) in [7, 11) is 0. The molecule has 0 radical (unpaired) electrons. The van der Waals surface area contributed by atoms with Gasteiger partial charge in [0.15, 0.2) is 18.1 Å². The lowest BCUT2D eigenvalue weighted by Crippen LogP contribution is -2.43. The van der Waals surface area contributed by atoms with E-state index in [0.717, 1.165) is 17.7 Å². The van der Waals surface area contributed by atoms with Crippen molar-refractivity contribution in [1.29, 1.82) is 0 Å². The first-order valence-corrected chi connectivity index (χ1v) is 8.36. The Hall–Kier alpha value is -2.24. The molecule has 6 nitrogen and oxygen atoms in total. The number of benzene rings is 1. The maximum Gasteiger partial charge on any atom is 0.260 e. The number of primary amides is 1. The van der Waals surface area contributed by atoms with Gasteiger partial charge in [0.05, 0.1) is 0 Å². The zero-order chi connectivity index (χ0) is 17.3. The van der Waals surface area contributed by atoms with Gasteiger partial charge in [-0.2, -0.15) is 0 Å². The van der Waals surface area contributed by atoms with E-state index >= 15 is 0 Å². The maximum absolute atomic E-state index is 12.3. The number of ether oxygens (including phenoxy) is 2. The lowest BCUT2D eigenvalue weighted by molar-refractivity contribution is -0.136. The Bertz CT molecular complexity index is 648. The normalized spacial score (nSPS) is 19.5. The highest BCUT2D eigenvalue weighted by atomic mass is 16.5. The highest BCUT2D eigenvalue weighted by Crippen LogP contribution is 2.41. The van der Waals surface area contributed by atoms with Gasteiger partial charge in [-0.25, -0.2) is 0 Å². The van der Waals surface area contributed by atoms with Gasteiger partial charge < -0.3 is 20.1 Å². The van der Waals surface area contributed by atoms with E-state index in [1.54, 1.807) is 4.90 Å². The maximum atomic E-state index is 12.3. The quantitative estimate of drug-likeness (QED) is 0.906. The average molecular weight is 332 g/mol. The number of hydrogen-bond donors (Lipinski definition) is 1. The fourth-order valence-corrected chi connectivity index (χ4v) is 3.35. The van der Waals surface area contributed by atoms with Gasteiger partial charge in [-0.15, -0.1) is 0 Å². The number of para-hydroxylation sites is 1. The van der Waals surface area contributed by atoms with E-state index in [4.69, 9.17) is 15.2 Å². The molecule has 130 valence electrons. The van der Waals surface area contributed by atoms with Crippen molar-refractivity contribution in [2.45, 2.75) is 38.7 Å². The van der Waals surface area contributed by atoms with E-state index in [-0.39, 0.29) is 29.9 Å². The summed E-state index contributed by atoms with van der Waals surface area (Å²) < 4.78 is 11.7. The Morgan fingerprint density at radius 2 is 2.04 bits per heavy atom. The van der Waals surface area contributed by atoms with Gasteiger partial charge in [-0.1, -0.05) is 12.1 Å². The molecule has 2 aliphatic heterocycles. The topological polar surface area (TPSA) is 81.9 Å². The molecule has 6 heteroatoms. The van der Waals surface area contributed by atoms with E-state index in [9.17, 15) is 9.59 Å². The number of piperidine rings is 1. The van der Waals surface area contributed by atoms with Crippen molar-refractivity contribution < 1.29 is 19.1 Å². The summed E-state index contributed by atoms with van der Waals surface area (Å²) >= 11 is 0. The number of hydrogen-bond acceptors (Lipinski definition) is 4. The average Bonchev–Trinajstić information content (AvgIpc) is 2.87. The summed E-state index contributed by atoms with van der Waals surface area (Å²) in [5.74, 6) is 0.870. The zero-order valence-corrected chi connectivity index (χ0v) is 14.2. The number of fused-ring (bicyclic) bond motifs is 1. The molecule has 2 amide bonds. The Morgan fingerprint density at radius 1 is 1.33 bits per heavy atom. The molecule has 0 aromatic heterocycles. The molecule has 2 N–H and O–H groups in total. The molecule has 0 aliphatic carbocycles. The highest BCUT2D eigenvalue weighted by Gasteiger charge is 2.32. The minimum atomic E-state index is -0.280. The third kappa shape index (κ3) is 3.47. The van der Waals surface area contributed by atoms with Crippen molar-refractivity contribution in [1.82, 2.24) is 4.90 Å². The number of nitrogens with zero attached hydrogens (tertiary/aromatic N) is 1. The Kier molecular flexibility index (Phi) is 4.39. The minimum Gasteiger partial charge on any atom is -0.483 e. The van der Waals surface area contributed by atoms with Gasteiger partial charge in [0, 0.05) is 31.0 Å². The fourth-order valence-electron chi connectivity index (χ4n) is 3.35. The molecule has 1 saturated heterocycles. The second-order valence-electron chi connectivity index (χ2n) is 7.13. The van der Waals surface area contributed by atoms with E-state index in [1.807, 2.05) is 32.0 Å². The molecule has 3 rings (SSSR count). The molecule has 1 aromatic rings. The lowest BCUT2D eigenvalue weighted by Gasteiger charge is -2.30. The van der Waals surface area contributed by atoms with Crippen LogP contribution >= 0.6 is 0 Å². The molecule has 2 aliphatic rings. The van der Waals surface area contributed by atoms with E-state index in [2.05, 4.69) is 0 Å². The molecule has 0 unspecified atom stereocenters. The number of nitrogens with two attached hydrogens (primary N) is 1. The van der Waals surface area contributed by atoms with Crippen LogP contribution in [0, 0.1) is 5.92 Å². The predicted molar refractivity (Wildman–Crippen MR) is 88.8 cm³/mol. The summed E-state index contributed by atoms with van der Waals surface area (Å²) in [5, 5.41) is 0. The predicted octanol–water partition coefficient (Wildman–Crippen LogP) is 1.50. The van der Waals surface area contributed by atoms with Crippen LogP contribution in [0.2, 0.25) is 0 Å². The standard InChI is InChI=1S/C18H24N2O4/c1-18(2)10-13-4-3-5-14(16(13)24-18)23-11-15(21)20-8-6-12(7-9-20)17(19)22/h3-5,12H,6-11H2,1-2H3,(H2,19,22). The zero-order valence-electron chi connectivity index (χ0n) is 14.2. The molecule has 1 fully saturated rings. The van der Waals surface area contributed by atoms with Crippen LogP contribution in [0.15, 0.2) is 18.2 Å². The lowest BCUT2D eigenvalue weighted by atomic mass is 9.96. The summed E-state index contributed by atoms with van der Waals surface area (Å²) in [6, 6.07) is 5.77. The van der Waals surface area contributed by atoms with Gasteiger partial charge in [0.1, 0.15) is 5.60 Å². The first-order chi connectivity index (χ1) is 11.4. The van der Waals surface area contributed by atoms with Crippen molar-refractivity contribution >= 4 is 11.8 Å². The smallest absolute Gasteiger partial charge is 0.260 e. The van der Waals surface area contributed by atoms with Crippen LogP contribution in [0.3, 0.4) is 0 Å². The first kappa shape index (κ1) is 16.6. The van der Waals surface area contributed by atoms with E-state index in [0.29, 0.717) is 31.7 Å². The minimum absolute atomic E-state index is 0.0263. The Morgan fingerprint density at radius 3 is 2.71 bits per heavy atom. The van der Waals surface area contributed by atoms with Crippen LogP contribution in [0.4, 0.5) is 0 Å². The van der Waals surface area contributed by atoms with Crippen LogP contribution < -0.4 is 15.2 Å². The van der Waals surface area contributed by atoms with Crippen LogP contribution in [0.1, 0.15) is 32.3 Å². The molecule has 1 aromatic carbocycles. The van der Waals surface area contributed by atoms with E-state index in [1.165, 1.54) is 0 Å². The van der Waals surface area contributed by atoms with Crippen molar-refractivity contribution in [3.63, 3.8) is 0 Å². The van der Waals surface area contributed by atoms with Crippen LogP contribution in [-0.2, 0) is 16.0 Å². The largest absolute Gasteiger partial charge is 0.483 e. The van der Waals surface area contributed by atoms with Crippen LogP contribution in [0.5, 0.6) is 11.5 Å². The molecular weight excluding hydrogens is 308 g/mol. The number of carbonyl (C=O) groups is 2. The molecule has 2 heterocycles. The third-order valence-corrected chi connectivity index (χ3v) is 4.66. The molecule has 24 heavy (non-hydrogen) atoms. The Balaban J connectivity index is 1.57. The SMILES string of the molecule is CC1(C)Cc2cccc(OCC(=O)N3CCC(C(N)=O)CC3)c2O1. The van der Waals surface area contributed by atoms with Gasteiger partial charge >= 0.3 is 0 Å².